The van der Waals surface area contributed by atoms with E-state index in [1.807, 2.05) is 6.92 Å². The zero-order valence-corrected chi connectivity index (χ0v) is 10.6. The van der Waals surface area contributed by atoms with Gasteiger partial charge in [-0.2, -0.15) is 0 Å². The molecule has 1 rings (SSSR count). The fraction of sp³-hybridized carbons (Fsp3) is 0.385. The lowest BCUT2D eigenvalue weighted by Crippen LogP contribution is -2.15. The Balaban J connectivity index is 3.35. The molecule has 18 heavy (non-hydrogen) atoms. The van der Waals surface area contributed by atoms with Gasteiger partial charge in [0.2, 0.25) is 0 Å². The molecule has 0 bridgehead atoms. The van der Waals surface area contributed by atoms with Gasteiger partial charge in [-0.25, -0.2) is 9.18 Å². The number of benzene rings is 1. The standard InChI is InChI=1S/C13H15FO4/c1-4-8-5-6-10(14)9(7-11(15)17-2)12(8)13(16)18-3/h5-6H,4,7H2,1-3H3. The van der Waals surface area contributed by atoms with E-state index in [0.29, 0.717) is 12.0 Å². The van der Waals surface area contributed by atoms with E-state index < -0.39 is 17.8 Å². The third kappa shape index (κ3) is 2.85. The van der Waals surface area contributed by atoms with Gasteiger partial charge in [-0.3, -0.25) is 4.79 Å². The number of methoxy groups -OCH3 is 2. The summed E-state index contributed by atoms with van der Waals surface area (Å²) in [6, 6.07) is 2.76. The summed E-state index contributed by atoms with van der Waals surface area (Å²) in [5.74, 6) is -1.87. The highest BCUT2D eigenvalue weighted by Crippen LogP contribution is 2.21. The molecule has 0 radical (unpaired) electrons. The summed E-state index contributed by atoms with van der Waals surface area (Å²) in [4.78, 5) is 23.0. The van der Waals surface area contributed by atoms with Gasteiger partial charge in [0, 0.05) is 5.56 Å². The molecular weight excluding hydrogens is 239 g/mol. The largest absolute Gasteiger partial charge is 0.469 e. The molecule has 0 saturated heterocycles. The van der Waals surface area contributed by atoms with Crippen molar-refractivity contribution in [2.75, 3.05) is 14.2 Å². The molecule has 0 N–H and O–H groups in total. The van der Waals surface area contributed by atoms with Crippen molar-refractivity contribution >= 4 is 11.9 Å². The van der Waals surface area contributed by atoms with Crippen LogP contribution in [-0.2, 0) is 27.1 Å². The van der Waals surface area contributed by atoms with Crippen molar-refractivity contribution < 1.29 is 23.5 Å². The van der Waals surface area contributed by atoms with Crippen LogP contribution in [0.1, 0.15) is 28.4 Å². The molecule has 0 fully saturated rings. The SMILES string of the molecule is CCc1ccc(F)c(CC(=O)OC)c1C(=O)OC. The fourth-order valence-corrected chi connectivity index (χ4v) is 1.71. The van der Waals surface area contributed by atoms with Gasteiger partial charge in [-0.05, 0) is 18.1 Å². The topological polar surface area (TPSA) is 52.6 Å². The molecule has 0 unspecified atom stereocenters. The molecule has 0 saturated carbocycles. The van der Waals surface area contributed by atoms with Crippen molar-refractivity contribution in [3.63, 3.8) is 0 Å². The minimum absolute atomic E-state index is 0.0213. The highest BCUT2D eigenvalue weighted by atomic mass is 19.1. The van der Waals surface area contributed by atoms with Crippen LogP contribution in [-0.4, -0.2) is 26.2 Å². The van der Waals surface area contributed by atoms with Crippen molar-refractivity contribution in [3.8, 4) is 0 Å². The molecule has 5 heteroatoms. The predicted octanol–water partition coefficient (Wildman–Crippen LogP) is 1.89. The van der Waals surface area contributed by atoms with E-state index in [9.17, 15) is 14.0 Å². The van der Waals surface area contributed by atoms with Crippen molar-refractivity contribution in [1.29, 1.82) is 0 Å². The van der Waals surface area contributed by atoms with Gasteiger partial charge < -0.3 is 9.47 Å². The van der Waals surface area contributed by atoms with Crippen LogP contribution in [0.25, 0.3) is 0 Å². The van der Waals surface area contributed by atoms with Crippen LogP contribution in [0.4, 0.5) is 4.39 Å². The molecule has 0 heterocycles. The monoisotopic (exact) mass is 254 g/mol. The lowest BCUT2D eigenvalue weighted by molar-refractivity contribution is -0.139. The van der Waals surface area contributed by atoms with Gasteiger partial charge in [-0.1, -0.05) is 13.0 Å². The number of halogens is 1. The molecule has 0 aromatic heterocycles. The van der Waals surface area contributed by atoms with Crippen LogP contribution in [0.2, 0.25) is 0 Å². The molecule has 0 atom stereocenters. The Morgan fingerprint density at radius 3 is 2.39 bits per heavy atom. The molecule has 0 aliphatic rings. The summed E-state index contributed by atoms with van der Waals surface area (Å²) in [6.45, 7) is 1.83. The molecule has 0 amide bonds. The molecule has 0 aliphatic carbocycles. The normalized spacial score (nSPS) is 10.0. The van der Waals surface area contributed by atoms with Crippen molar-refractivity contribution in [1.82, 2.24) is 0 Å². The van der Waals surface area contributed by atoms with E-state index in [1.165, 1.54) is 26.4 Å². The molecular formula is C13H15FO4. The zero-order chi connectivity index (χ0) is 13.7. The van der Waals surface area contributed by atoms with Crippen LogP contribution in [0.15, 0.2) is 12.1 Å². The van der Waals surface area contributed by atoms with Crippen LogP contribution >= 0.6 is 0 Å². The van der Waals surface area contributed by atoms with Gasteiger partial charge in [0.1, 0.15) is 5.82 Å². The molecule has 1 aromatic carbocycles. The number of carbonyl (C=O) groups is 2. The second-order valence-electron chi connectivity index (χ2n) is 3.66. The van der Waals surface area contributed by atoms with E-state index in [1.54, 1.807) is 0 Å². The third-order valence-electron chi connectivity index (χ3n) is 2.66. The highest BCUT2D eigenvalue weighted by molar-refractivity contribution is 5.94. The minimum atomic E-state index is -0.648. The first-order valence-electron chi connectivity index (χ1n) is 5.50. The highest BCUT2D eigenvalue weighted by Gasteiger charge is 2.22. The first kappa shape index (κ1) is 14.2. The van der Waals surface area contributed by atoms with Gasteiger partial charge in [-0.15, -0.1) is 0 Å². The number of esters is 2. The Morgan fingerprint density at radius 1 is 1.22 bits per heavy atom. The lowest BCUT2D eigenvalue weighted by Gasteiger charge is -2.12. The Kier molecular flexibility index (Phi) is 4.83. The zero-order valence-electron chi connectivity index (χ0n) is 10.6. The predicted molar refractivity (Wildman–Crippen MR) is 62.8 cm³/mol. The van der Waals surface area contributed by atoms with E-state index in [2.05, 4.69) is 9.47 Å². The molecule has 0 spiro atoms. The maximum absolute atomic E-state index is 13.7. The van der Waals surface area contributed by atoms with Crippen LogP contribution in [0.3, 0.4) is 0 Å². The van der Waals surface area contributed by atoms with E-state index in [4.69, 9.17) is 0 Å². The molecule has 0 aliphatic heterocycles. The average molecular weight is 254 g/mol. The first-order chi connectivity index (χ1) is 8.54. The number of carbonyl (C=O) groups excluding carboxylic acids is 2. The van der Waals surface area contributed by atoms with Crippen molar-refractivity contribution in [2.45, 2.75) is 19.8 Å². The maximum Gasteiger partial charge on any atom is 0.338 e. The quantitative estimate of drug-likeness (QED) is 0.770. The molecule has 98 valence electrons. The fourth-order valence-electron chi connectivity index (χ4n) is 1.71. The summed E-state index contributed by atoms with van der Waals surface area (Å²) in [6.07, 6.45) is 0.249. The van der Waals surface area contributed by atoms with Crippen LogP contribution in [0.5, 0.6) is 0 Å². The number of hydrogen-bond acceptors (Lipinski definition) is 4. The average Bonchev–Trinajstić information content (AvgIpc) is 2.39. The van der Waals surface area contributed by atoms with Crippen LogP contribution in [0, 0.1) is 5.82 Å². The summed E-state index contributed by atoms with van der Waals surface area (Å²) < 4.78 is 22.9. The van der Waals surface area contributed by atoms with Gasteiger partial charge in [0.15, 0.2) is 0 Å². The van der Waals surface area contributed by atoms with Gasteiger partial charge in [0.05, 0.1) is 26.2 Å². The Morgan fingerprint density at radius 2 is 1.89 bits per heavy atom. The Bertz CT molecular complexity index is 468. The summed E-state index contributed by atoms with van der Waals surface area (Å²) in [5.41, 5.74) is 0.778. The first-order valence-corrected chi connectivity index (χ1v) is 5.50. The van der Waals surface area contributed by atoms with Gasteiger partial charge >= 0.3 is 11.9 Å². The number of hydrogen-bond donors (Lipinski definition) is 0. The smallest absolute Gasteiger partial charge is 0.338 e. The van der Waals surface area contributed by atoms with E-state index in [-0.39, 0.29) is 17.5 Å². The van der Waals surface area contributed by atoms with Crippen LogP contribution < -0.4 is 0 Å². The van der Waals surface area contributed by atoms with Crippen molar-refractivity contribution in [3.05, 3.63) is 34.6 Å². The number of rotatable bonds is 4. The molecule has 1 aromatic rings. The van der Waals surface area contributed by atoms with E-state index >= 15 is 0 Å². The summed E-state index contributed by atoms with van der Waals surface area (Å²) in [7, 11) is 2.43. The summed E-state index contributed by atoms with van der Waals surface area (Å²) >= 11 is 0. The number of ether oxygens (including phenoxy) is 2. The Hall–Kier alpha value is -1.91. The maximum atomic E-state index is 13.7. The van der Waals surface area contributed by atoms with Crippen molar-refractivity contribution in [2.24, 2.45) is 0 Å². The second kappa shape index (κ2) is 6.14. The second-order valence-corrected chi connectivity index (χ2v) is 3.66. The third-order valence-corrected chi connectivity index (χ3v) is 2.66. The lowest BCUT2D eigenvalue weighted by atomic mass is 9.96. The van der Waals surface area contributed by atoms with Gasteiger partial charge in [0.25, 0.3) is 0 Å². The number of aryl methyl sites for hydroxylation is 1. The van der Waals surface area contributed by atoms with E-state index in [0.717, 1.165) is 0 Å². The summed E-state index contributed by atoms with van der Waals surface area (Å²) in [5, 5.41) is 0. The molecule has 4 nitrogen and oxygen atoms in total. The minimum Gasteiger partial charge on any atom is -0.469 e. The Labute approximate surface area is 105 Å².